The Labute approximate surface area is 177 Å². The molecule has 1 fully saturated rings. The lowest BCUT2D eigenvalue weighted by Gasteiger charge is -2.36. The van der Waals surface area contributed by atoms with E-state index in [2.05, 4.69) is 46.2 Å². The number of nitrogens with two attached hydrogens (primary N) is 1. The zero-order chi connectivity index (χ0) is 21.3. The molecule has 30 heavy (non-hydrogen) atoms. The highest BCUT2D eigenvalue weighted by atomic mass is 16.2. The van der Waals surface area contributed by atoms with Crippen LogP contribution < -0.4 is 11.1 Å². The first-order valence-electron chi connectivity index (χ1n) is 10.5. The van der Waals surface area contributed by atoms with Gasteiger partial charge in [0.25, 0.3) is 5.91 Å². The molecule has 0 bridgehead atoms. The van der Waals surface area contributed by atoms with Crippen LogP contribution in [0.4, 0.5) is 5.69 Å². The summed E-state index contributed by atoms with van der Waals surface area (Å²) in [6, 6.07) is 7.93. The molecule has 1 aliphatic heterocycles. The van der Waals surface area contributed by atoms with Gasteiger partial charge in [-0.15, -0.1) is 0 Å². The molecule has 3 heterocycles. The van der Waals surface area contributed by atoms with E-state index in [1.165, 1.54) is 0 Å². The van der Waals surface area contributed by atoms with E-state index in [-0.39, 0.29) is 11.9 Å². The van der Waals surface area contributed by atoms with Crippen molar-refractivity contribution in [2.75, 3.05) is 25.4 Å². The number of hydrogen-bond acceptors (Lipinski definition) is 5. The molecule has 0 saturated carbocycles. The smallest absolute Gasteiger partial charge is 0.272 e. The predicted octanol–water partition coefficient (Wildman–Crippen LogP) is 3.45. The molecule has 4 rings (SSSR count). The topological polar surface area (TPSA) is 99.9 Å². The number of carbonyl (C=O) groups is 1. The van der Waals surface area contributed by atoms with Crippen LogP contribution in [-0.4, -0.2) is 51.7 Å². The number of rotatable bonds is 4. The van der Waals surface area contributed by atoms with Gasteiger partial charge in [-0.05, 0) is 42.0 Å². The second kappa shape index (κ2) is 8.07. The molecule has 2 aromatic heterocycles. The maximum absolute atomic E-state index is 13.0. The fourth-order valence-electron chi connectivity index (χ4n) is 4.14. The predicted molar refractivity (Wildman–Crippen MR) is 120 cm³/mol. The van der Waals surface area contributed by atoms with Crippen molar-refractivity contribution in [3.05, 3.63) is 42.4 Å². The highest BCUT2D eigenvalue weighted by Crippen LogP contribution is 2.26. The number of nitrogen functional groups attached to an aromatic ring is 1. The third kappa shape index (κ3) is 4.62. The Hall–Kier alpha value is -2.93. The molecule has 7 heteroatoms. The summed E-state index contributed by atoms with van der Waals surface area (Å²) in [5.41, 5.74) is 9.90. The molecule has 0 unspecified atom stereocenters. The van der Waals surface area contributed by atoms with Gasteiger partial charge in [0.2, 0.25) is 0 Å². The van der Waals surface area contributed by atoms with Crippen molar-refractivity contribution in [2.45, 2.75) is 39.7 Å². The van der Waals surface area contributed by atoms with Gasteiger partial charge in [0, 0.05) is 49.0 Å². The molecular weight excluding hydrogens is 376 g/mol. The van der Waals surface area contributed by atoms with Crippen molar-refractivity contribution >= 4 is 22.5 Å². The SMILES string of the molecule is CC(C)(C)CN1CCC(NC(=O)c2n[nH]c3ccc(-c4cncc(N)c4)cc23)CC1. The largest absolute Gasteiger partial charge is 0.397 e. The maximum atomic E-state index is 13.0. The Morgan fingerprint density at radius 1 is 1.20 bits per heavy atom. The number of benzene rings is 1. The lowest BCUT2D eigenvalue weighted by Crippen LogP contribution is -2.46. The number of likely N-dealkylation sites (tertiary alicyclic amines) is 1. The first-order chi connectivity index (χ1) is 14.3. The van der Waals surface area contributed by atoms with Gasteiger partial charge in [-0.3, -0.25) is 14.9 Å². The zero-order valence-electron chi connectivity index (χ0n) is 17.9. The minimum absolute atomic E-state index is 0.127. The van der Waals surface area contributed by atoms with Crippen molar-refractivity contribution in [3.63, 3.8) is 0 Å². The number of nitrogens with one attached hydrogen (secondary N) is 2. The molecular formula is C23H30N6O. The summed E-state index contributed by atoms with van der Waals surface area (Å²) in [6.07, 6.45) is 5.31. The number of pyridine rings is 1. The molecule has 0 atom stereocenters. The van der Waals surface area contributed by atoms with Crippen LogP contribution in [0.5, 0.6) is 0 Å². The van der Waals surface area contributed by atoms with Crippen LogP contribution in [0, 0.1) is 5.41 Å². The number of fused-ring (bicyclic) bond motifs is 1. The van der Waals surface area contributed by atoms with E-state index in [4.69, 9.17) is 5.73 Å². The average molecular weight is 407 g/mol. The summed E-state index contributed by atoms with van der Waals surface area (Å²) in [4.78, 5) is 19.6. The average Bonchev–Trinajstić information content (AvgIpc) is 3.12. The Morgan fingerprint density at radius 2 is 1.97 bits per heavy atom. The second-order valence-electron chi connectivity index (χ2n) is 9.42. The van der Waals surface area contributed by atoms with Gasteiger partial charge >= 0.3 is 0 Å². The molecule has 1 saturated heterocycles. The van der Waals surface area contributed by atoms with Gasteiger partial charge in [0.05, 0.1) is 11.2 Å². The first kappa shape index (κ1) is 20.3. The fraction of sp³-hybridized carbons (Fsp3) is 0.435. The van der Waals surface area contributed by atoms with Crippen LogP contribution in [0.3, 0.4) is 0 Å². The molecule has 7 nitrogen and oxygen atoms in total. The van der Waals surface area contributed by atoms with Crippen LogP contribution in [0.25, 0.3) is 22.0 Å². The van der Waals surface area contributed by atoms with Crippen molar-refractivity contribution in [2.24, 2.45) is 5.41 Å². The summed E-state index contributed by atoms with van der Waals surface area (Å²) in [7, 11) is 0. The number of nitrogens with zero attached hydrogens (tertiary/aromatic N) is 3. The quantitative estimate of drug-likeness (QED) is 0.616. The number of amides is 1. The molecule has 1 aromatic carbocycles. The summed E-state index contributed by atoms with van der Waals surface area (Å²) in [5, 5.41) is 11.2. The van der Waals surface area contributed by atoms with Crippen molar-refractivity contribution in [3.8, 4) is 11.1 Å². The molecule has 0 aliphatic carbocycles. The lowest BCUT2D eigenvalue weighted by atomic mass is 9.94. The standard InChI is InChI=1S/C23H30N6O/c1-23(2,3)14-29-8-6-18(7-9-29)26-22(30)21-19-11-15(4-5-20(19)27-28-21)16-10-17(24)13-25-12-16/h4-5,10-13,18H,6-9,14,24H2,1-3H3,(H,26,30)(H,27,28). The summed E-state index contributed by atoms with van der Waals surface area (Å²) >= 11 is 0. The van der Waals surface area contributed by atoms with Gasteiger partial charge in [0.15, 0.2) is 5.69 Å². The molecule has 1 amide bonds. The van der Waals surface area contributed by atoms with Crippen LogP contribution in [-0.2, 0) is 0 Å². The molecule has 0 radical (unpaired) electrons. The van der Waals surface area contributed by atoms with Crippen LogP contribution in [0.1, 0.15) is 44.1 Å². The normalized spacial score (nSPS) is 16.1. The van der Waals surface area contributed by atoms with Gasteiger partial charge < -0.3 is 16.0 Å². The fourth-order valence-corrected chi connectivity index (χ4v) is 4.14. The number of anilines is 1. The molecule has 158 valence electrons. The van der Waals surface area contributed by atoms with E-state index in [0.717, 1.165) is 54.5 Å². The second-order valence-corrected chi connectivity index (χ2v) is 9.42. The maximum Gasteiger partial charge on any atom is 0.272 e. The number of hydrogen-bond donors (Lipinski definition) is 3. The lowest BCUT2D eigenvalue weighted by molar-refractivity contribution is 0.0892. The number of carbonyl (C=O) groups excluding carboxylic acids is 1. The van der Waals surface area contributed by atoms with Gasteiger partial charge in [-0.1, -0.05) is 26.8 Å². The minimum Gasteiger partial charge on any atom is -0.397 e. The summed E-state index contributed by atoms with van der Waals surface area (Å²) in [5.74, 6) is -0.127. The number of piperidine rings is 1. The summed E-state index contributed by atoms with van der Waals surface area (Å²) < 4.78 is 0. The van der Waals surface area contributed by atoms with Crippen LogP contribution in [0.15, 0.2) is 36.7 Å². The molecule has 1 aliphatic rings. The third-order valence-corrected chi connectivity index (χ3v) is 5.49. The van der Waals surface area contributed by atoms with E-state index in [0.29, 0.717) is 16.8 Å². The van der Waals surface area contributed by atoms with Gasteiger partial charge in [0.1, 0.15) is 0 Å². The third-order valence-electron chi connectivity index (χ3n) is 5.49. The minimum atomic E-state index is -0.127. The Bertz CT molecular complexity index is 1040. The number of aromatic nitrogens is 3. The number of aromatic amines is 1. The highest BCUT2D eigenvalue weighted by molar-refractivity contribution is 6.05. The number of H-pyrrole nitrogens is 1. The molecule has 3 aromatic rings. The van der Waals surface area contributed by atoms with Gasteiger partial charge in [-0.2, -0.15) is 5.10 Å². The van der Waals surface area contributed by atoms with E-state index < -0.39 is 0 Å². The summed E-state index contributed by atoms with van der Waals surface area (Å²) in [6.45, 7) is 9.89. The van der Waals surface area contributed by atoms with E-state index in [9.17, 15) is 4.79 Å². The monoisotopic (exact) mass is 406 g/mol. The zero-order valence-corrected chi connectivity index (χ0v) is 17.9. The van der Waals surface area contributed by atoms with Crippen LogP contribution >= 0.6 is 0 Å². The molecule has 0 spiro atoms. The Balaban J connectivity index is 1.47. The Morgan fingerprint density at radius 3 is 2.67 bits per heavy atom. The first-order valence-corrected chi connectivity index (χ1v) is 10.5. The van der Waals surface area contributed by atoms with Crippen LogP contribution in [0.2, 0.25) is 0 Å². The van der Waals surface area contributed by atoms with E-state index >= 15 is 0 Å². The van der Waals surface area contributed by atoms with Crippen molar-refractivity contribution in [1.29, 1.82) is 0 Å². The van der Waals surface area contributed by atoms with E-state index in [1.807, 2.05) is 24.3 Å². The van der Waals surface area contributed by atoms with Gasteiger partial charge in [-0.25, -0.2) is 0 Å². The van der Waals surface area contributed by atoms with E-state index in [1.54, 1.807) is 12.4 Å². The Kier molecular flexibility index (Phi) is 5.47. The van der Waals surface area contributed by atoms with Crippen molar-refractivity contribution in [1.82, 2.24) is 25.4 Å². The highest BCUT2D eigenvalue weighted by Gasteiger charge is 2.25. The van der Waals surface area contributed by atoms with Crippen molar-refractivity contribution < 1.29 is 4.79 Å². The molecule has 4 N–H and O–H groups in total.